The number of hydrogen-bond donors (Lipinski definition) is 1. The first-order chi connectivity index (χ1) is 12.1. The van der Waals surface area contributed by atoms with E-state index in [1.54, 1.807) is 17.3 Å². The van der Waals surface area contributed by atoms with Gasteiger partial charge in [0.15, 0.2) is 11.5 Å². The Kier molecular flexibility index (Phi) is 5.23. The number of nitrogens with one attached hydrogen (secondary N) is 1. The van der Waals surface area contributed by atoms with E-state index in [1.165, 1.54) is 0 Å². The number of aromatic nitrogens is 2. The average molecular weight is 344 g/mol. The number of aryl methyl sites for hydroxylation is 1. The minimum Gasteiger partial charge on any atom is -0.486 e. The van der Waals surface area contributed by atoms with Crippen LogP contribution in [0.5, 0.6) is 11.5 Å². The van der Waals surface area contributed by atoms with Gasteiger partial charge in [0.1, 0.15) is 13.2 Å². The largest absolute Gasteiger partial charge is 0.486 e. The summed E-state index contributed by atoms with van der Waals surface area (Å²) in [6.45, 7) is 4.73. The highest BCUT2D eigenvalue weighted by molar-refractivity contribution is 5.97. The maximum atomic E-state index is 13.2. The van der Waals surface area contributed by atoms with Gasteiger partial charge in [-0.05, 0) is 33.2 Å². The molecule has 0 spiro atoms. The molecule has 1 amide bonds. The molecule has 0 saturated heterocycles. The van der Waals surface area contributed by atoms with Crippen molar-refractivity contribution >= 4 is 5.91 Å². The molecule has 0 bridgehead atoms. The summed E-state index contributed by atoms with van der Waals surface area (Å²) in [4.78, 5) is 24.4. The normalized spacial score (nSPS) is 13.1. The monoisotopic (exact) mass is 344 g/mol. The van der Waals surface area contributed by atoms with Crippen molar-refractivity contribution in [1.29, 1.82) is 0 Å². The molecular formula is C18H24N4O3. The summed E-state index contributed by atoms with van der Waals surface area (Å²) in [7, 11) is 3.98. The van der Waals surface area contributed by atoms with Crippen LogP contribution in [-0.2, 0) is 6.54 Å². The van der Waals surface area contributed by atoms with Gasteiger partial charge in [-0.25, -0.2) is 4.98 Å². The van der Waals surface area contributed by atoms with Crippen LogP contribution in [0, 0.1) is 6.92 Å². The second kappa shape index (κ2) is 7.57. The van der Waals surface area contributed by atoms with Crippen LogP contribution < -0.4 is 9.47 Å². The number of likely N-dealkylation sites (N-methyl/N-ethyl adjacent to an activating group) is 1. The summed E-state index contributed by atoms with van der Waals surface area (Å²) in [6.07, 6.45) is 1.65. The van der Waals surface area contributed by atoms with Crippen LogP contribution in [0.1, 0.15) is 21.7 Å². The molecule has 2 aromatic rings. The Morgan fingerprint density at radius 2 is 2.04 bits per heavy atom. The molecule has 2 heterocycles. The maximum absolute atomic E-state index is 13.2. The van der Waals surface area contributed by atoms with Gasteiger partial charge in [-0.3, -0.25) is 4.79 Å². The van der Waals surface area contributed by atoms with Gasteiger partial charge in [0.25, 0.3) is 5.91 Å². The van der Waals surface area contributed by atoms with E-state index in [2.05, 4.69) is 14.9 Å². The fourth-order valence-corrected chi connectivity index (χ4v) is 2.71. The van der Waals surface area contributed by atoms with Gasteiger partial charge in [-0.2, -0.15) is 0 Å². The molecule has 1 aromatic heterocycles. The third kappa shape index (κ3) is 3.93. The third-order valence-electron chi connectivity index (χ3n) is 4.18. The lowest BCUT2D eigenvalue weighted by molar-refractivity contribution is 0.0719. The molecule has 1 N–H and O–H groups in total. The highest BCUT2D eigenvalue weighted by Gasteiger charge is 2.25. The number of carbonyl (C=O) groups is 1. The van der Waals surface area contributed by atoms with Crippen LogP contribution in [-0.4, -0.2) is 66.1 Å². The van der Waals surface area contributed by atoms with E-state index in [4.69, 9.17) is 9.47 Å². The van der Waals surface area contributed by atoms with Gasteiger partial charge < -0.3 is 24.3 Å². The quantitative estimate of drug-likeness (QED) is 0.864. The number of H-pyrrole nitrogens is 1. The first-order valence-corrected chi connectivity index (χ1v) is 8.37. The molecule has 0 atom stereocenters. The predicted molar refractivity (Wildman–Crippen MR) is 94.1 cm³/mol. The summed E-state index contributed by atoms with van der Waals surface area (Å²) in [5, 5.41) is 0. The summed E-state index contributed by atoms with van der Waals surface area (Å²) in [6, 6.07) is 5.44. The number of benzene rings is 1. The first-order valence-electron chi connectivity index (χ1n) is 8.37. The van der Waals surface area contributed by atoms with E-state index in [0.717, 1.165) is 17.9 Å². The molecule has 134 valence electrons. The van der Waals surface area contributed by atoms with Gasteiger partial charge >= 0.3 is 0 Å². The van der Waals surface area contributed by atoms with E-state index in [0.29, 0.717) is 43.4 Å². The number of carbonyl (C=O) groups excluding carboxylic acids is 1. The standard InChI is InChI=1S/C18H24N4O3/c1-13-15(20-12-19-13)11-22(8-7-21(2)3)18(23)14-5-4-6-16-17(14)25-10-9-24-16/h4-6,12H,7-11H2,1-3H3,(H,19,20). The number of fused-ring (bicyclic) bond motifs is 1. The average Bonchev–Trinajstić information content (AvgIpc) is 3.02. The fraction of sp³-hybridized carbons (Fsp3) is 0.444. The van der Waals surface area contributed by atoms with Crippen LogP contribution in [0.15, 0.2) is 24.5 Å². The molecule has 0 aliphatic carbocycles. The molecule has 1 aliphatic rings. The second-order valence-corrected chi connectivity index (χ2v) is 6.33. The zero-order valence-electron chi connectivity index (χ0n) is 14.9. The summed E-state index contributed by atoms with van der Waals surface area (Å²) < 4.78 is 11.3. The van der Waals surface area contributed by atoms with E-state index >= 15 is 0 Å². The third-order valence-corrected chi connectivity index (χ3v) is 4.18. The Labute approximate surface area is 147 Å². The summed E-state index contributed by atoms with van der Waals surface area (Å²) >= 11 is 0. The molecule has 1 aromatic carbocycles. The molecule has 1 aliphatic heterocycles. The van der Waals surface area contributed by atoms with E-state index < -0.39 is 0 Å². The number of amides is 1. The van der Waals surface area contributed by atoms with Crippen LogP contribution >= 0.6 is 0 Å². The van der Waals surface area contributed by atoms with Gasteiger partial charge in [0.2, 0.25) is 0 Å². The SMILES string of the molecule is Cc1[nH]cnc1CN(CCN(C)C)C(=O)c1cccc2c1OCCO2. The molecule has 3 rings (SSSR count). The fourth-order valence-electron chi connectivity index (χ4n) is 2.71. The van der Waals surface area contributed by atoms with Crippen LogP contribution in [0.2, 0.25) is 0 Å². The van der Waals surface area contributed by atoms with Crippen LogP contribution in [0.4, 0.5) is 0 Å². The molecule has 0 radical (unpaired) electrons. The predicted octanol–water partition coefficient (Wildman–Crippen LogP) is 1.69. The van der Waals surface area contributed by atoms with E-state index in [9.17, 15) is 4.79 Å². The van der Waals surface area contributed by atoms with Crippen molar-refractivity contribution < 1.29 is 14.3 Å². The summed E-state index contributed by atoms with van der Waals surface area (Å²) in [5.41, 5.74) is 2.37. The minimum absolute atomic E-state index is 0.0772. The minimum atomic E-state index is -0.0772. The lowest BCUT2D eigenvalue weighted by atomic mass is 10.1. The molecular weight excluding hydrogens is 320 g/mol. The van der Waals surface area contributed by atoms with Crippen molar-refractivity contribution in [3.05, 3.63) is 41.5 Å². The van der Waals surface area contributed by atoms with E-state index in [-0.39, 0.29) is 5.91 Å². The highest BCUT2D eigenvalue weighted by atomic mass is 16.6. The zero-order valence-corrected chi connectivity index (χ0v) is 14.9. The number of para-hydroxylation sites is 1. The first kappa shape index (κ1) is 17.3. The Morgan fingerprint density at radius 3 is 2.76 bits per heavy atom. The number of ether oxygens (including phenoxy) is 2. The van der Waals surface area contributed by atoms with Gasteiger partial charge in [0, 0.05) is 18.8 Å². The Bertz CT molecular complexity index is 742. The van der Waals surface area contributed by atoms with Gasteiger partial charge in [-0.15, -0.1) is 0 Å². The number of imidazole rings is 1. The number of nitrogens with zero attached hydrogens (tertiary/aromatic N) is 3. The smallest absolute Gasteiger partial charge is 0.258 e. The maximum Gasteiger partial charge on any atom is 0.258 e. The molecule has 25 heavy (non-hydrogen) atoms. The van der Waals surface area contributed by atoms with Crippen molar-refractivity contribution in [2.45, 2.75) is 13.5 Å². The zero-order chi connectivity index (χ0) is 17.8. The highest BCUT2D eigenvalue weighted by Crippen LogP contribution is 2.34. The van der Waals surface area contributed by atoms with Crippen molar-refractivity contribution in [3.8, 4) is 11.5 Å². The number of rotatable bonds is 6. The van der Waals surface area contributed by atoms with Crippen molar-refractivity contribution in [3.63, 3.8) is 0 Å². The molecule has 7 heteroatoms. The van der Waals surface area contributed by atoms with Crippen molar-refractivity contribution in [1.82, 2.24) is 19.8 Å². The molecule has 0 fully saturated rings. The molecule has 0 unspecified atom stereocenters. The van der Waals surface area contributed by atoms with Crippen LogP contribution in [0.25, 0.3) is 0 Å². The topological polar surface area (TPSA) is 70.7 Å². The Balaban J connectivity index is 1.87. The van der Waals surface area contributed by atoms with Crippen molar-refractivity contribution in [2.75, 3.05) is 40.4 Å². The second-order valence-electron chi connectivity index (χ2n) is 6.33. The number of hydrogen-bond acceptors (Lipinski definition) is 5. The van der Waals surface area contributed by atoms with E-state index in [1.807, 2.05) is 33.2 Å². The Morgan fingerprint density at radius 1 is 1.24 bits per heavy atom. The lowest BCUT2D eigenvalue weighted by Crippen LogP contribution is -2.37. The van der Waals surface area contributed by atoms with Crippen molar-refractivity contribution in [2.24, 2.45) is 0 Å². The molecule has 7 nitrogen and oxygen atoms in total. The Hall–Kier alpha value is -2.54. The molecule has 0 saturated carbocycles. The summed E-state index contributed by atoms with van der Waals surface area (Å²) in [5.74, 6) is 1.08. The number of aromatic amines is 1. The van der Waals surface area contributed by atoms with Crippen LogP contribution in [0.3, 0.4) is 0 Å². The van der Waals surface area contributed by atoms with Gasteiger partial charge in [-0.1, -0.05) is 6.07 Å². The van der Waals surface area contributed by atoms with Gasteiger partial charge in [0.05, 0.1) is 24.1 Å². The lowest BCUT2D eigenvalue weighted by Gasteiger charge is -2.26.